The molecule has 0 aliphatic heterocycles. The first-order valence-corrected chi connectivity index (χ1v) is 7.43. The number of rotatable bonds is 3. The molecule has 0 aliphatic rings. The fourth-order valence-corrected chi connectivity index (χ4v) is 2.78. The van der Waals surface area contributed by atoms with Crippen LogP contribution in [0.15, 0.2) is 36.7 Å². The Morgan fingerprint density at radius 3 is 2.52 bits per heavy atom. The molecule has 4 nitrogen and oxygen atoms in total. The van der Waals surface area contributed by atoms with E-state index >= 15 is 0 Å². The summed E-state index contributed by atoms with van der Waals surface area (Å²) in [7, 11) is 0. The summed E-state index contributed by atoms with van der Waals surface area (Å²) in [4.78, 5) is 4.72. The van der Waals surface area contributed by atoms with E-state index in [1.807, 2.05) is 29.1 Å². The molecule has 0 radical (unpaired) electrons. The van der Waals surface area contributed by atoms with E-state index in [9.17, 15) is 0 Å². The predicted octanol–water partition coefficient (Wildman–Crippen LogP) is 4.38. The van der Waals surface area contributed by atoms with E-state index in [1.165, 1.54) is 0 Å². The Morgan fingerprint density at radius 2 is 1.86 bits per heavy atom. The highest BCUT2D eigenvalue weighted by Gasteiger charge is 2.20. The van der Waals surface area contributed by atoms with Crippen molar-refractivity contribution in [2.75, 3.05) is 0 Å². The van der Waals surface area contributed by atoms with Crippen molar-refractivity contribution < 1.29 is 0 Å². The van der Waals surface area contributed by atoms with Crippen LogP contribution in [0.3, 0.4) is 0 Å². The monoisotopic (exact) mass is 320 g/mol. The van der Waals surface area contributed by atoms with Crippen molar-refractivity contribution in [1.29, 1.82) is 0 Å². The Bertz CT molecular complexity index is 769. The lowest BCUT2D eigenvalue weighted by Gasteiger charge is -2.20. The summed E-state index contributed by atoms with van der Waals surface area (Å²) < 4.78 is 1.83. The van der Waals surface area contributed by atoms with Crippen molar-refractivity contribution >= 4 is 34.1 Å². The van der Waals surface area contributed by atoms with Gasteiger partial charge in [0.05, 0.1) is 33.5 Å². The summed E-state index contributed by atoms with van der Waals surface area (Å²) in [5.74, 6) is 0.333. The first kappa shape index (κ1) is 14.3. The molecule has 1 unspecified atom stereocenters. The van der Waals surface area contributed by atoms with Crippen molar-refractivity contribution in [3.8, 4) is 0 Å². The summed E-state index contributed by atoms with van der Waals surface area (Å²) in [6.45, 7) is 4.26. The molecule has 0 spiro atoms. The molecule has 0 N–H and O–H groups in total. The quantitative estimate of drug-likeness (QED) is 0.719. The molecule has 0 saturated heterocycles. The number of pyridine rings is 1. The minimum absolute atomic E-state index is 0.0337. The lowest BCUT2D eigenvalue weighted by Crippen LogP contribution is -2.18. The third-order valence-corrected chi connectivity index (χ3v) is 4.14. The molecule has 0 fully saturated rings. The van der Waals surface area contributed by atoms with E-state index in [-0.39, 0.29) is 6.04 Å². The molecule has 1 atom stereocenters. The molecule has 0 amide bonds. The average Bonchev–Trinajstić information content (AvgIpc) is 2.94. The number of nitrogens with zero attached hydrogens (tertiary/aromatic N) is 4. The van der Waals surface area contributed by atoms with E-state index in [2.05, 4.69) is 24.2 Å². The molecular formula is C15H14Cl2N4. The first-order valence-electron chi connectivity index (χ1n) is 6.68. The molecule has 3 rings (SSSR count). The normalized spacial score (nSPS) is 13.0. The molecule has 21 heavy (non-hydrogen) atoms. The van der Waals surface area contributed by atoms with Gasteiger partial charge in [0.15, 0.2) is 0 Å². The van der Waals surface area contributed by atoms with Gasteiger partial charge in [-0.1, -0.05) is 48.3 Å². The van der Waals surface area contributed by atoms with Gasteiger partial charge in [0.2, 0.25) is 0 Å². The number of hydrogen-bond donors (Lipinski definition) is 0. The molecule has 2 aromatic heterocycles. The Morgan fingerprint density at radius 1 is 1.10 bits per heavy atom. The van der Waals surface area contributed by atoms with Crippen molar-refractivity contribution in [1.82, 2.24) is 20.0 Å². The van der Waals surface area contributed by atoms with E-state index in [1.54, 1.807) is 12.3 Å². The number of aromatic nitrogens is 4. The van der Waals surface area contributed by atoms with Crippen LogP contribution in [0, 0.1) is 5.92 Å². The number of hydrogen-bond acceptors (Lipinski definition) is 3. The third-order valence-electron chi connectivity index (χ3n) is 3.41. The molecular weight excluding hydrogens is 307 g/mol. The van der Waals surface area contributed by atoms with Gasteiger partial charge in [0, 0.05) is 11.6 Å². The van der Waals surface area contributed by atoms with Gasteiger partial charge in [-0.25, -0.2) is 4.68 Å². The zero-order valence-electron chi connectivity index (χ0n) is 11.7. The van der Waals surface area contributed by atoms with E-state index < -0.39 is 0 Å². The predicted molar refractivity (Wildman–Crippen MR) is 84.8 cm³/mol. The second-order valence-corrected chi connectivity index (χ2v) is 6.08. The largest absolute Gasteiger partial charge is 0.250 e. The smallest absolute Gasteiger partial charge is 0.0979 e. The molecule has 0 bridgehead atoms. The van der Waals surface area contributed by atoms with E-state index in [0.717, 1.165) is 16.6 Å². The van der Waals surface area contributed by atoms with E-state index in [0.29, 0.717) is 16.0 Å². The van der Waals surface area contributed by atoms with Crippen molar-refractivity contribution in [2.45, 2.75) is 19.9 Å². The van der Waals surface area contributed by atoms with Crippen LogP contribution in [0.1, 0.15) is 25.6 Å². The lowest BCUT2D eigenvalue weighted by molar-refractivity contribution is 0.387. The molecule has 6 heteroatoms. The van der Waals surface area contributed by atoms with Gasteiger partial charge in [-0.2, -0.15) is 0 Å². The minimum Gasteiger partial charge on any atom is -0.250 e. The average molecular weight is 321 g/mol. The summed E-state index contributed by atoms with van der Waals surface area (Å²) >= 11 is 12.1. The van der Waals surface area contributed by atoms with Gasteiger partial charge in [0.1, 0.15) is 0 Å². The second-order valence-electron chi connectivity index (χ2n) is 5.27. The Kier molecular flexibility index (Phi) is 3.83. The molecule has 0 saturated carbocycles. The summed E-state index contributed by atoms with van der Waals surface area (Å²) in [6, 6.07) is 7.66. The highest BCUT2D eigenvalue weighted by Crippen LogP contribution is 2.30. The minimum atomic E-state index is 0.0337. The van der Waals surface area contributed by atoms with Gasteiger partial charge in [-0.05, 0) is 24.1 Å². The Balaban J connectivity index is 2.13. The summed E-state index contributed by atoms with van der Waals surface area (Å²) in [6.07, 6.45) is 3.53. The number of halogens is 2. The van der Waals surface area contributed by atoms with Crippen LogP contribution in [0.25, 0.3) is 10.9 Å². The maximum atomic E-state index is 6.08. The maximum Gasteiger partial charge on any atom is 0.0979 e. The molecule has 2 heterocycles. The third kappa shape index (κ3) is 2.74. The molecule has 3 aromatic rings. The highest BCUT2D eigenvalue weighted by molar-refractivity contribution is 6.42. The van der Waals surface area contributed by atoms with Gasteiger partial charge < -0.3 is 0 Å². The summed E-state index contributed by atoms with van der Waals surface area (Å²) in [5.41, 5.74) is 1.76. The zero-order valence-corrected chi connectivity index (χ0v) is 13.2. The van der Waals surface area contributed by atoms with Gasteiger partial charge in [-0.15, -0.1) is 5.10 Å². The van der Waals surface area contributed by atoms with Crippen molar-refractivity contribution in [3.05, 3.63) is 52.4 Å². The highest BCUT2D eigenvalue weighted by atomic mass is 35.5. The molecule has 0 aliphatic carbocycles. The standard InChI is InChI=1S/C15H14Cl2N4/c1-9(2)15(21-6-5-18-20-21)13-4-3-10-7-11(16)12(17)8-14(10)19-13/h3-9,15H,1-2H3. The Hall–Kier alpha value is -1.65. The zero-order chi connectivity index (χ0) is 15.0. The SMILES string of the molecule is CC(C)C(c1ccc2cc(Cl)c(Cl)cc2n1)n1ccnn1. The Labute approximate surface area is 132 Å². The molecule has 108 valence electrons. The van der Waals surface area contributed by atoms with Crippen LogP contribution >= 0.6 is 23.2 Å². The van der Waals surface area contributed by atoms with Crippen LogP contribution in [0.4, 0.5) is 0 Å². The topological polar surface area (TPSA) is 43.6 Å². The maximum absolute atomic E-state index is 6.08. The van der Waals surface area contributed by atoms with Crippen LogP contribution in [-0.4, -0.2) is 20.0 Å². The van der Waals surface area contributed by atoms with Crippen molar-refractivity contribution in [2.24, 2.45) is 5.92 Å². The summed E-state index contributed by atoms with van der Waals surface area (Å²) in [5, 5.41) is 10.0. The van der Waals surface area contributed by atoms with Crippen LogP contribution in [0.5, 0.6) is 0 Å². The van der Waals surface area contributed by atoms with E-state index in [4.69, 9.17) is 28.2 Å². The first-order chi connectivity index (χ1) is 10.1. The van der Waals surface area contributed by atoms with Crippen LogP contribution in [0.2, 0.25) is 10.0 Å². The molecule has 1 aromatic carbocycles. The fraction of sp³-hybridized carbons (Fsp3) is 0.267. The van der Waals surface area contributed by atoms with Gasteiger partial charge in [-0.3, -0.25) is 4.98 Å². The van der Waals surface area contributed by atoms with Gasteiger partial charge >= 0.3 is 0 Å². The second kappa shape index (κ2) is 5.62. The van der Waals surface area contributed by atoms with Gasteiger partial charge in [0.25, 0.3) is 0 Å². The van der Waals surface area contributed by atoms with Crippen molar-refractivity contribution in [3.63, 3.8) is 0 Å². The number of fused-ring (bicyclic) bond motifs is 1. The van der Waals surface area contributed by atoms with Crippen LogP contribution in [-0.2, 0) is 0 Å². The van der Waals surface area contributed by atoms with Crippen LogP contribution < -0.4 is 0 Å². The fourth-order valence-electron chi connectivity index (χ4n) is 2.45. The lowest BCUT2D eigenvalue weighted by atomic mass is 10.00. The number of benzene rings is 1.